The van der Waals surface area contributed by atoms with Gasteiger partial charge in [0.25, 0.3) is 0 Å². The van der Waals surface area contributed by atoms with Crippen molar-refractivity contribution in [2.75, 3.05) is 0 Å². The minimum absolute atomic E-state index is 0.0347. The van der Waals surface area contributed by atoms with Gasteiger partial charge >= 0.3 is 0 Å². The van der Waals surface area contributed by atoms with E-state index in [1.165, 1.54) is 18.3 Å². The number of nitrogens with one attached hydrogen (secondary N) is 1. The maximum Gasteiger partial charge on any atom is 0.153 e. The van der Waals surface area contributed by atoms with Crippen LogP contribution in [0.3, 0.4) is 0 Å². The minimum Gasteiger partial charge on any atom is -0.428 e. The van der Waals surface area contributed by atoms with E-state index in [2.05, 4.69) is 0 Å². The van der Waals surface area contributed by atoms with Crippen LogP contribution in [-0.2, 0) is 0 Å². The van der Waals surface area contributed by atoms with Crippen LogP contribution in [0.2, 0.25) is 0 Å². The van der Waals surface area contributed by atoms with Gasteiger partial charge in [0, 0.05) is 17.8 Å². The fourth-order valence-electron chi connectivity index (χ4n) is 1.32. The molecule has 0 radical (unpaired) electrons. The maximum absolute atomic E-state index is 13.2. The van der Waals surface area contributed by atoms with Crippen molar-refractivity contribution in [3.05, 3.63) is 41.4 Å². The normalized spacial score (nSPS) is 10.7. The van der Waals surface area contributed by atoms with Gasteiger partial charge in [0.05, 0.1) is 5.36 Å². The summed E-state index contributed by atoms with van der Waals surface area (Å²) in [6, 6.07) is 3.35. The number of aromatic nitrogens is 1. The van der Waals surface area contributed by atoms with E-state index in [0.717, 1.165) is 0 Å². The number of halogens is 2. The third kappa shape index (κ3) is 1.06. The number of rotatable bonds is 0. The van der Waals surface area contributed by atoms with E-state index in [0.29, 0.717) is 10.8 Å². The summed E-state index contributed by atoms with van der Waals surface area (Å²) in [4.78, 5) is 0. The summed E-state index contributed by atoms with van der Waals surface area (Å²) >= 11 is 0. The Morgan fingerprint density at radius 3 is 2.71 bits per heavy atom. The molecule has 2 aliphatic rings. The average molecular weight is 196 g/mol. The van der Waals surface area contributed by atoms with Crippen LogP contribution in [0, 0.1) is 17.0 Å². The zero-order valence-corrected chi connectivity index (χ0v) is 6.96. The lowest BCUT2D eigenvalue weighted by Gasteiger charge is -2.10. The maximum atomic E-state index is 13.2. The van der Waals surface area contributed by atoms with E-state index >= 15 is 0 Å². The third-order valence-corrected chi connectivity index (χ3v) is 1.96. The molecule has 0 bridgehead atoms. The van der Waals surface area contributed by atoms with Crippen molar-refractivity contribution in [3.63, 3.8) is 0 Å². The van der Waals surface area contributed by atoms with E-state index in [-0.39, 0.29) is 11.3 Å². The van der Waals surface area contributed by atoms with Crippen LogP contribution in [0.1, 0.15) is 0 Å². The SMILES string of the molecule is N=c1c(F)cc(F)c2n(O)cccc1-2. The fourth-order valence-corrected chi connectivity index (χ4v) is 1.32. The molecule has 3 nitrogen and oxygen atoms in total. The molecule has 72 valence electrons. The first kappa shape index (κ1) is 8.68. The lowest BCUT2D eigenvalue weighted by atomic mass is 10.1. The summed E-state index contributed by atoms with van der Waals surface area (Å²) in [7, 11) is 0. The summed E-state index contributed by atoms with van der Waals surface area (Å²) in [5, 5.41) is 16.1. The van der Waals surface area contributed by atoms with Crippen molar-refractivity contribution in [1.29, 1.82) is 5.41 Å². The zero-order valence-electron chi connectivity index (χ0n) is 6.96. The molecule has 0 fully saturated rings. The topological polar surface area (TPSA) is 49.0 Å². The molecule has 2 N–H and O–H groups in total. The van der Waals surface area contributed by atoms with Crippen molar-refractivity contribution in [2.45, 2.75) is 0 Å². The Bertz CT molecular complexity index is 521. The molecule has 14 heavy (non-hydrogen) atoms. The van der Waals surface area contributed by atoms with Gasteiger partial charge in [-0.1, -0.05) is 0 Å². The van der Waals surface area contributed by atoms with Gasteiger partial charge in [-0.05, 0) is 12.1 Å². The van der Waals surface area contributed by atoms with Crippen LogP contribution in [0.25, 0.3) is 11.3 Å². The fraction of sp³-hybridized carbons (Fsp3) is 0. The molecule has 0 atom stereocenters. The highest BCUT2D eigenvalue weighted by atomic mass is 19.1. The van der Waals surface area contributed by atoms with Crippen molar-refractivity contribution in [2.24, 2.45) is 0 Å². The van der Waals surface area contributed by atoms with Gasteiger partial charge in [0.15, 0.2) is 11.6 Å². The second-order valence-electron chi connectivity index (χ2n) is 2.83. The molecule has 0 unspecified atom stereocenters. The number of hydrogen-bond donors (Lipinski definition) is 2. The van der Waals surface area contributed by atoms with Crippen LogP contribution in [0.4, 0.5) is 8.78 Å². The average Bonchev–Trinajstić information content (AvgIpc) is 2.14. The molecule has 0 amide bonds. The summed E-state index contributed by atoms with van der Waals surface area (Å²) in [5.41, 5.74) is -0.161. The van der Waals surface area contributed by atoms with Crippen molar-refractivity contribution < 1.29 is 14.0 Å². The van der Waals surface area contributed by atoms with E-state index < -0.39 is 17.0 Å². The van der Waals surface area contributed by atoms with Gasteiger partial charge in [0.2, 0.25) is 0 Å². The van der Waals surface area contributed by atoms with Crippen LogP contribution in [-0.4, -0.2) is 9.94 Å². The standard InChI is InChI=1S/C9H6F2N2O/c10-6-4-7(11)9-5(8(6)12)2-1-3-13(9)14/h1-4,12,14H. The second-order valence-corrected chi connectivity index (χ2v) is 2.83. The largest absolute Gasteiger partial charge is 0.428 e. The predicted molar refractivity (Wildman–Crippen MR) is 44.0 cm³/mol. The van der Waals surface area contributed by atoms with Crippen molar-refractivity contribution in [1.82, 2.24) is 4.73 Å². The third-order valence-electron chi connectivity index (χ3n) is 1.96. The van der Waals surface area contributed by atoms with Crippen molar-refractivity contribution in [3.8, 4) is 11.3 Å². The Hall–Kier alpha value is -1.91. The molecule has 5 heteroatoms. The first-order valence-electron chi connectivity index (χ1n) is 3.84. The molecule has 2 rings (SSSR count). The van der Waals surface area contributed by atoms with Gasteiger partial charge in [-0.25, -0.2) is 8.78 Å². The second kappa shape index (κ2) is 2.80. The molecule has 0 aromatic rings. The zero-order chi connectivity index (χ0) is 10.3. The van der Waals surface area contributed by atoms with Crippen LogP contribution >= 0.6 is 0 Å². The minimum atomic E-state index is -0.943. The summed E-state index contributed by atoms with van der Waals surface area (Å²) in [6.07, 6.45) is 1.21. The lowest BCUT2D eigenvalue weighted by molar-refractivity contribution is 0.186. The van der Waals surface area contributed by atoms with Gasteiger partial charge in [-0.3, -0.25) is 5.41 Å². The molecular formula is C9H6F2N2O. The highest BCUT2D eigenvalue weighted by Gasteiger charge is 2.16. The van der Waals surface area contributed by atoms with E-state index in [9.17, 15) is 14.0 Å². The Morgan fingerprint density at radius 1 is 1.29 bits per heavy atom. The molecule has 0 aromatic carbocycles. The van der Waals surface area contributed by atoms with Crippen LogP contribution in [0.5, 0.6) is 0 Å². The van der Waals surface area contributed by atoms with Gasteiger partial charge in [-0.15, -0.1) is 0 Å². The highest BCUT2D eigenvalue weighted by Crippen LogP contribution is 2.20. The monoisotopic (exact) mass is 196 g/mol. The van der Waals surface area contributed by atoms with Gasteiger partial charge in [-0.2, -0.15) is 4.73 Å². The molecular weight excluding hydrogens is 190 g/mol. The number of fused-ring (bicyclic) bond motifs is 1. The highest BCUT2D eigenvalue weighted by molar-refractivity contribution is 5.60. The molecule has 1 aliphatic carbocycles. The van der Waals surface area contributed by atoms with Crippen LogP contribution < -0.4 is 5.36 Å². The summed E-state index contributed by atoms with van der Waals surface area (Å²) in [6.45, 7) is 0. The number of hydrogen-bond acceptors (Lipinski definition) is 2. The predicted octanol–water partition coefficient (Wildman–Crippen LogP) is 1.59. The van der Waals surface area contributed by atoms with Crippen LogP contribution in [0.15, 0.2) is 24.4 Å². The molecule has 0 aromatic heterocycles. The summed E-state index contributed by atoms with van der Waals surface area (Å²) in [5.74, 6) is -1.84. The smallest absolute Gasteiger partial charge is 0.153 e. The molecule has 1 heterocycles. The van der Waals surface area contributed by atoms with E-state index in [1.54, 1.807) is 0 Å². The first-order valence-corrected chi connectivity index (χ1v) is 3.84. The Labute approximate surface area is 77.7 Å². The Morgan fingerprint density at radius 2 is 2.00 bits per heavy atom. The lowest BCUT2D eigenvalue weighted by Crippen LogP contribution is -2.16. The van der Waals surface area contributed by atoms with Gasteiger partial charge < -0.3 is 5.21 Å². The first-order chi connectivity index (χ1) is 6.61. The quantitative estimate of drug-likeness (QED) is 0.617. The Balaban J connectivity index is 2.99. The molecule has 0 saturated carbocycles. The van der Waals surface area contributed by atoms with Crippen molar-refractivity contribution >= 4 is 0 Å². The number of nitrogens with zero attached hydrogens (tertiary/aromatic N) is 1. The Kier molecular flexibility index (Phi) is 1.73. The summed E-state index contributed by atoms with van der Waals surface area (Å²) < 4.78 is 26.6. The van der Waals surface area contributed by atoms with Gasteiger partial charge in [0.1, 0.15) is 5.69 Å². The van der Waals surface area contributed by atoms with E-state index in [1.807, 2.05) is 0 Å². The molecule has 0 spiro atoms. The number of benzene rings is 1. The molecule has 0 saturated heterocycles. The molecule has 1 aliphatic heterocycles. The number of pyridine rings is 1. The van der Waals surface area contributed by atoms with E-state index in [4.69, 9.17) is 5.41 Å².